The molecule has 0 saturated carbocycles. The smallest absolute Gasteiger partial charge is 0.328 e. The molecule has 1 aliphatic heterocycles. The number of amides is 5. The highest BCUT2D eigenvalue weighted by Gasteiger charge is 2.28. The number of hydrogen-bond donors (Lipinski definition) is 5. The Kier molecular flexibility index (Phi) is 13.2. The van der Waals surface area contributed by atoms with Gasteiger partial charge in [0.1, 0.15) is 12.1 Å². The number of allylic oxidation sites excluding steroid dienone is 4. The van der Waals surface area contributed by atoms with E-state index in [0.29, 0.717) is 38.6 Å². The third kappa shape index (κ3) is 11.3. The van der Waals surface area contributed by atoms with E-state index in [1.165, 1.54) is 18.8 Å². The molecular formula is C28H43N5O6. The molecule has 0 aromatic rings. The van der Waals surface area contributed by atoms with Crippen molar-refractivity contribution < 1.29 is 28.7 Å². The lowest BCUT2D eigenvalue weighted by molar-refractivity contribution is -0.144. The van der Waals surface area contributed by atoms with Crippen molar-refractivity contribution in [2.45, 2.75) is 77.4 Å². The molecule has 0 aromatic heterocycles. The van der Waals surface area contributed by atoms with Crippen LogP contribution in [0.2, 0.25) is 0 Å². The zero-order chi connectivity index (χ0) is 28.8. The fourth-order valence-electron chi connectivity index (χ4n) is 4.35. The van der Waals surface area contributed by atoms with Gasteiger partial charge in [-0.15, -0.1) is 0 Å². The average Bonchev–Trinajstić information content (AvgIpc) is 2.92. The summed E-state index contributed by atoms with van der Waals surface area (Å²) < 4.78 is 4.76. The fraction of sp³-hybridized carbons (Fsp3) is 0.607. The van der Waals surface area contributed by atoms with Gasteiger partial charge in [-0.1, -0.05) is 50.1 Å². The van der Waals surface area contributed by atoms with E-state index in [9.17, 15) is 24.0 Å². The van der Waals surface area contributed by atoms with Gasteiger partial charge in [0.05, 0.1) is 13.7 Å². The summed E-state index contributed by atoms with van der Waals surface area (Å²) in [5, 5.41) is 13.5. The summed E-state index contributed by atoms with van der Waals surface area (Å²) in [6, 6.07) is -2.73. The van der Waals surface area contributed by atoms with Gasteiger partial charge >= 0.3 is 12.0 Å². The molecule has 39 heavy (non-hydrogen) atoms. The van der Waals surface area contributed by atoms with Crippen LogP contribution >= 0.6 is 0 Å². The summed E-state index contributed by atoms with van der Waals surface area (Å²) in [5.41, 5.74) is 1.19. The Balaban J connectivity index is 2.00. The van der Waals surface area contributed by atoms with Crippen LogP contribution in [0.3, 0.4) is 0 Å². The van der Waals surface area contributed by atoms with Gasteiger partial charge in [0.25, 0.3) is 0 Å². The van der Waals surface area contributed by atoms with E-state index in [-0.39, 0.29) is 30.2 Å². The second-order valence-electron chi connectivity index (χ2n) is 10.1. The lowest BCUT2D eigenvalue weighted by Crippen LogP contribution is -2.54. The minimum Gasteiger partial charge on any atom is -0.467 e. The highest BCUT2D eigenvalue weighted by molar-refractivity contribution is 5.91. The van der Waals surface area contributed by atoms with Crippen LogP contribution in [0.1, 0.15) is 59.3 Å². The predicted octanol–water partition coefficient (Wildman–Crippen LogP) is 1.61. The normalized spacial score (nSPS) is 24.3. The molecule has 1 aliphatic carbocycles. The summed E-state index contributed by atoms with van der Waals surface area (Å²) in [6.45, 7) is 5.82. The van der Waals surface area contributed by atoms with Crippen LogP contribution in [0.15, 0.2) is 36.0 Å². The Morgan fingerprint density at radius 3 is 2.59 bits per heavy atom. The largest absolute Gasteiger partial charge is 0.467 e. The molecule has 5 atom stereocenters. The van der Waals surface area contributed by atoms with Crippen molar-refractivity contribution in [1.29, 1.82) is 0 Å². The number of methoxy groups -OCH3 is 1. The van der Waals surface area contributed by atoms with Gasteiger partial charge in [0, 0.05) is 18.7 Å². The second-order valence-corrected chi connectivity index (χ2v) is 10.1. The number of esters is 1. The van der Waals surface area contributed by atoms with Gasteiger partial charge in [-0.05, 0) is 50.9 Å². The monoisotopic (exact) mass is 545 g/mol. The zero-order valence-corrected chi connectivity index (χ0v) is 23.4. The van der Waals surface area contributed by atoms with Gasteiger partial charge in [0.2, 0.25) is 17.7 Å². The van der Waals surface area contributed by atoms with Crippen LogP contribution in [-0.4, -0.2) is 68.0 Å². The Morgan fingerprint density at radius 2 is 1.92 bits per heavy atom. The standard InChI is InChI=1S/C28H43N5O6/c1-5-19(3)25(27(37)39-4)33-28(38)30-17-24(35)32-22-8-6-7-15-29-23(34)14-13-21(31-26(22)36)16-20-11-9-18(2)10-12-20/h9-11,13-14,19-22,25H,5-8,12,15-17H2,1-4H3,(H,29,34)(H,31,36)(H,32,35)(H2,30,33,38)/b14-13+/t19?,20?,21-,22+,25?/m1/s1. The number of carbonyl (C=O) groups excluding carboxylic acids is 5. The van der Waals surface area contributed by atoms with Crippen LogP contribution in [0, 0.1) is 11.8 Å². The maximum atomic E-state index is 13.2. The Labute approximate surface area is 230 Å². The zero-order valence-electron chi connectivity index (χ0n) is 23.4. The molecule has 0 saturated heterocycles. The van der Waals surface area contributed by atoms with Gasteiger partial charge < -0.3 is 31.3 Å². The van der Waals surface area contributed by atoms with Crippen molar-refractivity contribution in [1.82, 2.24) is 26.6 Å². The molecular weight excluding hydrogens is 502 g/mol. The maximum absolute atomic E-state index is 13.2. The van der Waals surface area contributed by atoms with E-state index in [0.717, 1.165) is 6.42 Å². The number of rotatable bonds is 9. The topological polar surface area (TPSA) is 155 Å². The van der Waals surface area contributed by atoms with E-state index < -0.39 is 36.0 Å². The van der Waals surface area contributed by atoms with Gasteiger partial charge in [0.15, 0.2) is 0 Å². The van der Waals surface area contributed by atoms with Crippen molar-refractivity contribution in [2.75, 3.05) is 20.2 Å². The minimum atomic E-state index is -0.843. The molecule has 216 valence electrons. The van der Waals surface area contributed by atoms with E-state index in [2.05, 4.69) is 38.7 Å². The van der Waals surface area contributed by atoms with Crippen LogP contribution in [0.5, 0.6) is 0 Å². The highest BCUT2D eigenvalue weighted by Crippen LogP contribution is 2.21. The van der Waals surface area contributed by atoms with Crippen LogP contribution < -0.4 is 26.6 Å². The Hall–Kier alpha value is -3.63. The number of ether oxygens (including phenoxy) is 1. The minimum absolute atomic E-state index is 0.159. The summed E-state index contributed by atoms with van der Waals surface area (Å²) in [5.74, 6) is -1.61. The maximum Gasteiger partial charge on any atom is 0.328 e. The second kappa shape index (κ2) is 16.4. The molecule has 2 rings (SSSR count). The first kappa shape index (κ1) is 31.6. The van der Waals surface area contributed by atoms with Crippen molar-refractivity contribution in [3.05, 3.63) is 36.0 Å². The highest BCUT2D eigenvalue weighted by atomic mass is 16.5. The number of carbonyl (C=O) groups is 5. The van der Waals surface area contributed by atoms with E-state index in [1.54, 1.807) is 6.08 Å². The summed E-state index contributed by atoms with van der Waals surface area (Å²) in [6.07, 6.45) is 13.1. The first-order valence-electron chi connectivity index (χ1n) is 13.7. The SMILES string of the molecule is CCC(C)C(NC(=O)NCC(=O)N[C@H]1CCCCNC(=O)/C=C/[C@H](CC2C=CC(C)=CC2)NC1=O)C(=O)OC. The third-order valence-corrected chi connectivity index (χ3v) is 6.97. The summed E-state index contributed by atoms with van der Waals surface area (Å²) >= 11 is 0. The van der Waals surface area contributed by atoms with Gasteiger partial charge in [-0.3, -0.25) is 14.4 Å². The number of nitrogens with one attached hydrogen (secondary N) is 5. The first-order valence-corrected chi connectivity index (χ1v) is 13.7. The lowest BCUT2D eigenvalue weighted by atomic mass is 9.91. The quantitative estimate of drug-likeness (QED) is 0.277. The Bertz CT molecular complexity index is 975. The fourth-order valence-corrected chi connectivity index (χ4v) is 4.35. The van der Waals surface area contributed by atoms with E-state index in [4.69, 9.17) is 4.74 Å². The van der Waals surface area contributed by atoms with E-state index in [1.807, 2.05) is 26.8 Å². The van der Waals surface area contributed by atoms with Crippen LogP contribution in [0.4, 0.5) is 4.79 Å². The summed E-state index contributed by atoms with van der Waals surface area (Å²) in [7, 11) is 1.25. The molecule has 0 bridgehead atoms. The van der Waals surface area contributed by atoms with Crippen molar-refractivity contribution in [3.8, 4) is 0 Å². The molecule has 0 spiro atoms. The average molecular weight is 546 g/mol. The molecule has 0 radical (unpaired) electrons. The molecule has 2 aliphatic rings. The predicted molar refractivity (Wildman–Crippen MR) is 147 cm³/mol. The van der Waals surface area contributed by atoms with E-state index >= 15 is 0 Å². The summed E-state index contributed by atoms with van der Waals surface area (Å²) in [4.78, 5) is 62.3. The number of hydrogen-bond acceptors (Lipinski definition) is 6. The molecule has 0 aromatic carbocycles. The van der Waals surface area contributed by atoms with Crippen molar-refractivity contribution in [3.63, 3.8) is 0 Å². The lowest BCUT2D eigenvalue weighted by Gasteiger charge is -2.25. The molecule has 5 amide bonds. The third-order valence-electron chi connectivity index (χ3n) is 6.97. The first-order chi connectivity index (χ1) is 18.6. The van der Waals surface area contributed by atoms with Crippen molar-refractivity contribution >= 4 is 29.7 Å². The number of urea groups is 1. The molecule has 11 nitrogen and oxygen atoms in total. The Morgan fingerprint density at radius 1 is 1.15 bits per heavy atom. The molecule has 11 heteroatoms. The van der Waals surface area contributed by atoms with Crippen molar-refractivity contribution in [2.24, 2.45) is 11.8 Å². The molecule has 3 unspecified atom stereocenters. The molecule has 0 fully saturated rings. The molecule has 1 heterocycles. The van der Waals surface area contributed by atoms with Gasteiger partial charge in [-0.25, -0.2) is 9.59 Å². The molecule has 5 N–H and O–H groups in total. The van der Waals surface area contributed by atoms with Crippen LogP contribution in [0.25, 0.3) is 0 Å². The van der Waals surface area contributed by atoms with Gasteiger partial charge in [-0.2, -0.15) is 0 Å². The van der Waals surface area contributed by atoms with Crippen LogP contribution in [-0.2, 0) is 23.9 Å².